The van der Waals surface area contributed by atoms with Crippen LogP contribution >= 0.6 is 0 Å². The monoisotopic (exact) mass is 265 g/mol. The Morgan fingerprint density at radius 1 is 1.47 bits per heavy atom. The number of carbonyl (C=O) groups is 2. The third-order valence-electron chi connectivity index (χ3n) is 2.90. The molecule has 104 valence electrons. The van der Waals surface area contributed by atoms with E-state index in [-0.39, 0.29) is 12.3 Å². The molecule has 0 aromatic carbocycles. The minimum absolute atomic E-state index is 0.0134. The van der Waals surface area contributed by atoms with Crippen molar-refractivity contribution in [2.45, 2.75) is 26.7 Å². The van der Waals surface area contributed by atoms with Gasteiger partial charge in [-0.15, -0.1) is 0 Å². The van der Waals surface area contributed by atoms with Gasteiger partial charge in [-0.1, -0.05) is 13.3 Å². The largest absolute Gasteiger partial charge is 0.481 e. The number of nitrogens with two attached hydrogens (primary N) is 1. The normalized spacial score (nSPS) is 11.9. The van der Waals surface area contributed by atoms with E-state index in [4.69, 9.17) is 10.8 Å². The molecule has 1 aromatic heterocycles. The molecule has 6 heteroatoms. The summed E-state index contributed by atoms with van der Waals surface area (Å²) < 4.78 is 0. The van der Waals surface area contributed by atoms with Crippen molar-refractivity contribution in [2.24, 2.45) is 11.7 Å². The summed E-state index contributed by atoms with van der Waals surface area (Å²) in [5.41, 5.74) is 6.35. The zero-order valence-electron chi connectivity index (χ0n) is 11.1. The van der Waals surface area contributed by atoms with Crippen molar-refractivity contribution in [2.75, 3.05) is 11.9 Å². The number of nitrogens with one attached hydrogen (secondary N) is 1. The first kappa shape index (κ1) is 14.9. The maximum absolute atomic E-state index is 11.3. The van der Waals surface area contributed by atoms with Crippen molar-refractivity contribution in [3.05, 3.63) is 23.4 Å². The van der Waals surface area contributed by atoms with Crippen LogP contribution in [0.1, 0.15) is 35.8 Å². The molecule has 0 saturated heterocycles. The lowest BCUT2D eigenvalue weighted by Gasteiger charge is -2.15. The van der Waals surface area contributed by atoms with Crippen molar-refractivity contribution in [3.63, 3.8) is 0 Å². The maximum Gasteiger partial charge on any atom is 0.303 e. The lowest BCUT2D eigenvalue weighted by Crippen LogP contribution is -2.21. The van der Waals surface area contributed by atoms with Gasteiger partial charge in [-0.3, -0.25) is 9.59 Å². The number of aryl methyl sites for hydroxylation is 1. The molecule has 0 radical (unpaired) electrons. The van der Waals surface area contributed by atoms with Crippen LogP contribution in [0, 0.1) is 12.8 Å². The number of carboxylic acids is 1. The fourth-order valence-corrected chi connectivity index (χ4v) is 1.74. The van der Waals surface area contributed by atoms with Crippen molar-refractivity contribution < 1.29 is 14.7 Å². The van der Waals surface area contributed by atoms with Gasteiger partial charge >= 0.3 is 5.97 Å². The second kappa shape index (κ2) is 6.72. The summed E-state index contributed by atoms with van der Waals surface area (Å²) in [5.74, 6) is -0.987. The zero-order chi connectivity index (χ0) is 14.4. The number of anilines is 1. The minimum Gasteiger partial charge on any atom is -0.481 e. The highest BCUT2D eigenvalue weighted by molar-refractivity contribution is 5.97. The molecule has 1 atom stereocenters. The van der Waals surface area contributed by atoms with Crippen LogP contribution in [0.3, 0.4) is 0 Å². The highest BCUT2D eigenvalue weighted by Crippen LogP contribution is 2.15. The zero-order valence-corrected chi connectivity index (χ0v) is 11.1. The molecule has 1 rings (SSSR count). The van der Waals surface area contributed by atoms with Crippen LogP contribution in [0.15, 0.2) is 12.1 Å². The Kier molecular flexibility index (Phi) is 5.29. The Labute approximate surface area is 112 Å². The van der Waals surface area contributed by atoms with Crippen LogP contribution in [0.25, 0.3) is 0 Å². The van der Waals surface area contributed by atoms with Crippen molar-refractivity contribution in [3.8, 4) is 0 Å². The molecular formula is C13H19N3O3. The number of hydrogen-bond acceptors (Lipinski definition) is 4. The molecule has 0 aliphatic heterocycles. The van der Waals surface area contributed by atoms with Gasteiger partial charge in [0.1, 0.15) is 5.82 Å². The van der Waals surface area contributed by atoms with Crippen LogP contribution < -0.4 is 11.1 Å². The van der Waals surface area contributed by atoms with Crippen LogP contribution in [-0.2, 0) is 4.79 Å². The maximum atomic E-state index is 11.3. The fourth-order valence-electron chi connectivity index (χ4n) is 1.74. The van der Waals surface area contributed by atoms with Gasteiger partial charge in [0.2, 0.25) is 0 Å². The molecule has 4 N–H and O–H groups in total. The number of hydrogen-bond donors (Lipinski definition) is 3. The third kappa shape index (κ3) is 4.57. The van der Waals surface area contributed by atoms with E-state index in [0.29, 0.717) is 17.9 Å². The summed E-state index contributed by atoms with van der Waals surface area (Å²) in [4.78, 5) is 26.2. The highest BCUT2D eigenvalue weighted by atomic mass is 16.4. The molecule has 1 unspecified atom stereocenters. The average molecular weight is 265 g/mol. The Bertz CT molecular complexity index is 474. The standard InChI is InChI=1S/C13H19N3O3/c1-3-9(6-11(17)18)7-15-13-10(12(14)19)5-4-8(2)16-13/h4-5,9H,3,6-7H2,1-2H3,(H2,14,19)(H,15,16)(H,17,18). The number of nitrogens with zero attached hydrogens (tertiary/aromatic N) is 1. The van der Waals surface area contributed by atoms with Gasteiger partial charge in [-0.2, -0.15) is 0 Å². The topological polar surface area (TPSA) is 105 Å². The van der Waals surface area contributed by atoms with Gasteiger partial charge in [-0.25, -0.2) is 4.98 Å². The van der Waals surface area contributed by atoms with Crippen molar-refractivity contribution in [1.29, 1.82) is 0 Å². The summed E-state index contributed by atoms with van der Waals surface area (Å²) in [6.07, 6.45) is 0.818. The van der Waals surface area contributed by atoms with Crippen molar-refractivity contribution in [1.82, 2.24) is 4.98 Å². The molecule has 1 amide bonds. The fraction of sp³-hybridized carbons (Fsp3) is 0.462. The number of aromatic nitrogens is 1. The van der Waals surface area contributed by atoms with E-state index in [1.807, 2.05) is 13.8 Å². The first-order chi connectivity index (χ1) is 8.93. The summed E-state index contributed by atoms with van der Waals surface area (Å²) in [6.45, 7) is 4.18. The second-order valence-corrected chi connectivity index (χ2v) is 4.47. The van der Waals surface area contributed by atoms with Crippen LogP contribution in [0.5, 0.6) is 0 Å². The Balaban J connectivity index is 2.78. The lowest BCUT2D eigenvalue weighted by molar-refractivity contribution is -0.138. The average Bonchev–Trinajstić information content (AvgIpc) is 2.33. The number of rotatable bonds is 7. The van der Waals surface area contributed by atoms with Gasteiger partial charge in [-0.05, 0) is 25.0 Å². The van der Waals surface area contributed by atoms with E-state index >= 15 is 0 Å². The molecule has 1 aromatic rings. The molecule has 0 aliphatic rings. The molecule has 19 heavy (non-hydrogen) atoms. The number of pyridine rings is 1. The third-order valence-corrected chi connectivity index (χ3v) is 2.90. The molecule has 0 fully saturated rings. The Morgan fingerprint density at radius 2 is 2.16 bits per heavy atom. The molecule has 6 nitrogen and oxygen atoms in total. The SMILES string of the molecule is CCC(CNc1nc(C)ccc1C(N)=O)CC(=O)O. The Hall–Kier alpha value is -2.11. The number of carbonyl (C=O) groups excluding carboxylic acids is 1. The number of primary amides is 1. The smallest absolute Gasteiger partial charge is 0.303 e. The molecule has 0 spiro atoms. The van der Waals surface area contributed by atoms with E-state index < -0.39 is 11.9 Å². The number of aliphatic carboxylic acids is 1. The molecule has 1 heterocycles. The minimum atomic E-state index is -0.832. The van der Waals surface area contributed by atoms with Crippen LogP contribution in [0.2, 0.25) is 0 Å². The quantitative estimate of drug-likeness (QED) is 0.691. The Morgan fingerprint density at radius 3 is 2.68 bits per heavy atom. The van der Waals surface area contributed by atoms with Gasteiger partial charge < -0.3 is 16.2 Å². The van der Waals surface area contributed by atoms with E-state index in [1.54, 1.807) is 12.1 Å². The van der Waals surface area contributed by atoms with Crippen LogP contribution in [0.4, 0.5) is 5.82 Å². The van der Waals surface area contributed by atoms with Gasteiger partial charge in [0.25, 0.3) is 5.91 Å². The summed E-state index contributed by atoms with van der Waals surface area (Å²) in [5, 5.41) is 11.8. The molecule has 0 aliphatic carbocycles. The van der Waals surface area contributed by atoms with E-state index in [1.165, 1.54) is 0 Å². The molecular weight excluding hydrogens is 246 g/mol. The predicted molar refractivity (Wildman–Crippen MR) is 72.0 cm³/mol. The first-order valence-electron chi connectivity index (χ1n) is 6.17. The molecule has 0 bridgehead atoms. The predicted octanol–water partition coefficient (Wildman–Crippen LogP) is 1.40. The number of carboxylic acid groups (broad SMARTS) is 1. The van der Waals surface area contributed by atoms with Gasteiger partial charge in [0.05, 0.1) is 5.56 Å². The van der Waals surface area contributed by atoms with E-state index in [2.05, 4.69) is 10.3 Å². The summed E-state index contributed by atoms with van der Waals surface area (Å²) in [6, 6.07) is 3.32. The lowest BCUT2D eigenvalue weighted by atomic mass is 10.0. The second-order valence-electron chi connectivity index (χ2n) is 4.47. The summed E-state index contributed by atoms with van der Waals surface area (Å²) >= 11 is 0. The summed E-state index contributed by atoms with van der Waals surface area (Å²) in [7, 11) is 0. The van der Waals surface area contributed by atoms with E-state index in [9.17, 15) is 9.59 Å². The number of amides is 1. The van der Waals surface area contributed by atoms with Gasteiger partial charge in [0.15, 0.2) is 0 Å². The highest BCUT2D eigenvalue weighted by Gasteiger charge is 2.14. The first-order valence-corrected chi connectivity index (χ1v) is 6.17. The van der Waals surface area contributed by atoms with Gasteiger partial charge in [0, 0.05) is 18.7 Å². The molecule has 0 saturated carbocycles. The van der Waals surface area contributed by atoms with E-state index in [0.717, 1.165) is 12.1 Å². The van der Waals surface area contributed by atoms with Crippen LogP contribution in [-0.4, -0.2) is 28.5 Å². The van der Waals surface area contributed by atoms with Crippen molar-refractivity contribution >= 4 is 17.7 Å².